The molecule has 1 unspecified atom stereocenters. The molecule has 2 heterocycles. The summed E-state index contributed by atoms with van der Waals surface area (Å²) < 4.78 is 1.63. The molecule has 5 nitrogen and oxygen atoms in total. The Kier molecular flexibility index (Phi) is 4.17. The van der Waals surface area contributed by atoms with Gasteiger partial charge in [0.25, 0.3) is 5.91 Å². The van der Waals surface area contributed by atoms with Crippen LogP contribution in [0.2, 0.25) is 5.02 Å². The number of likely N-dealkylation sites (tertiary alicyclic amines) is 1. The van der Waals surface area contributed by atoms with Gasteiger partial charge in [0.1, 0.15) is 0 Å². The van der Waals surface area contributed by atoms with Gasteiger partial charge in [0.15, 0.2) is 0 Å². The number of rotatable bonds is 3. The molecular formula is C17H20ClN3O2. The minimum atomic E-state index is -0.908. The Morgan fingerprint density at radius 3 is 2.91 bits per heavy atom. The van der Waals surface area contributed by atoms with Crippen LogP contribution >= 0.6 is 11.6 Å². The van der Waals surface area contributed by atoms with Gasteiger partial charge in [-0.15, -0.1) is 0 Å². The predicted molar refractivity (Wildman–Crippen MR) is 88.9 cm³/mol. The van der Waals surface area contributed by atoms with Crippen LogP contribution in [0.4, 0.5) is 0 Å². The van der Waals surface area contributed by atoms with E-state index in [0.717, 1.165) is 18.5 Å². The second kappa shape index (κ2) is 5.98. The highest BCUT2D eigenvalue weighted by Crippen LogP contribution is 2.28. The van der Waals surface area contributed by atoms with Gasteiger partial charge in [0.2, 0.25) is 0 Å². The van der Waals surface area contributed by atoms with Crippen molar-refractivity contribution in [3.8, 4) is 5.69 Å². The number of benzene rings is 1. The summed E-state index contributed by atoms with van der Waals surface area (Å²) in [5.41, 5.74) is 0.410. The highest BCUT2D eigenvalue weighted by molar-refractivity contribution is 6.30. The molecule has 1 N–H and O–H groups in total. The van der Waals surface area contributed by atoms with Crippen LogP contribution in [-0.4, -0.2) is 43.9 Å². The van der Waals surface area contributed by atoms with Crippen LogP contribution in [0.1, 0.15) is 37.0 Å². The topological polar surface area (TPSA) is 58.4 Å². The van der Waals surface area contributed by atoms with Crippen molar-refractivity contribution >= 4 is 17.5 Å². The van der Waals surface area contributed by atoms with E-state index in [1.54, 1.807) is 48.0 Å². The van der Waals surface area contributed by atoms with Crippen LogP contribution < -0.4 is 0 Å². The normalized spacial score (nSPS) is 18.4. The van der Waals surface area contributed by atoms with Gasteiger partial charge in [-0.2, -0.15) is 5.10 Å². The molecule has 0 radical (unpaired) electrons. The van der Waals surface area contributed by atoms with Crippen molar-refractivity contribution in [3.05, 3.63) is 47.2 Å². The van der Waals surface area contributed by atoms with Gasteiger partial charge < -0.3 is 10.0 Å². The van der Waals surface area contributed by atoms with Crippen molar-refractivity contribution in [2.75, 3.05) is 6.54 Å². The molecule has 23 heavy (non-hydrogen) atoms. The molecule has 6 heteroatoms. The molecule has 122 valence electrons. The zero-order valence-electron chi connectivity index (χ0n) is 13.2. The summed E-state index contributed by atoms with van der Waals surface area (Å²) in [5, 5.41) is 15.1. The fourth-order valence-corrected chi connectivity index (χ4v) is 3.29. The van der Waals surface area contributed by atoms with Crippen LogP contribution in [-0.2, 0) is 0 Å². The monoisotopic (exact) mass is 333 g/mol. The molecule has 0 saturated carbocycles. The Hall–Kier alpha value is -1.85. The number of carbonyl (C=O) groups is 1. The zero-order valence-corrected chi connectivity index (χ0v) is 14.0. The minimum Gasteiger partial charge on any atom is -0.388 e. The van der Waals surface area contributed by atoms with Gasteiger partial charge in [-0.3, -0.25) is 4.79 Å². The smallest absolute Gasteiger partial charge is 0.257 e. The lowest BCUT2D eigenvalue weighted by molar-refractivity contribution is 0.000334. The third-order valence-corrected chi connectivity index (χ3v) is 4.47. The van der Waals surface area contributed by atoms with E-state index >= 15 is 0 Å². The highest BCUT2D eigenvalue weighted by Gasteiger charge is 2.39. The third kappa shape index (κ3) is 3.26. The molecule has 1 atom stereocenters. The maximum Gasteiger partial charge on any atom is 0.257 e. The Balaban J connectivity index is 1.84. The summed E-state index contributed by atoms with van der Waals surface area (Å²) in [5.74, 6) is -0.0945. The molecule has 0 spiro atoms. The van der Waals surface area contributed by atoms with Gasteiger partial charge >= 0.3 is 0 Å². The largest absolute Gasteiger partial charge is 0.388 e. The third-order valence-electron chi connectivity index (χ3n) is 4.23. The first-order chi connectivity index (χ1) is 10.9. The Morgan fingerprint density at radius 2 is 2.22 bits per heavy atom. The Labute approximate surface area is 140 Å². The van der Waals surface area contributed by atoms with Crippen molar-refractivity contribution in [1.29, 1.82) is 0 Å². The average Bonchev–Trinajstić information content (AvgIpc) is 3.15. The lowest BCUT2D eigenvalue weighted by Gasteiger charge is -2.33. The number of nitrogens with zero attached hydrogens (tertiary/aromatic N) is 3. The van der Waals surface area contributed by atoms with Gasteiger partial charge in [0.05, 0.1) is 29.1 Å². The summed E-state index contributed by atoms with van der Waals surface area (Å²) in [6.45, 7) is 4.16. The number of carbonyl (C=O) groups excluding carboxylic acids is 1. The van der Waals surface area contributed by atoms with E-state index in [1.165, 1.54) is 0 Å². The first-order valence-electron chi connectivity index (χ1n) is 7.70. The molecule has 1 aromatic heterocycles. The first kappa shape index (κ1) is 16.0. The number of halogens is 1. The summed E-state index contributed by atoms with van der Waals surface area (Å²) in [6.07, 6.45) is 4.98. The summed E-state index contributed by atoms with van der Waals surface area (Å²) in [4.78, 5) is 14.5. The molecular weight excluding hydrogens is 314 g/mol. The molecule has 2 aromatic rings. The first-order valence-corrected chi connectivity index (χ1v) is 8.08. The minimum absolute atomic E-state index is 0.0945. The lowest BCUT2D eigenvalue weighted by Crippen LogP contribution is -2.48. The molecule has 1 amide bonds. The quantitative estimate of drug-likeness (QED) is 0.939. The molecule has 0 aliphatic carbocycles. The molecule has 1 saturated heterocycles. The number of aliphatic hydroxyl groups is 1. The standard InChI is InChI=1S/C17H20ClN3O2/c1-17(2,23)15-7-4-8-20(15)16(22)12-10-19-21(11-12)14-6-3-5-13(18)9-14/h3,5-6,9-11,15,23H,4,7-8H2,1-2H3. The number of hydrogen-bond acceptors (Lipinski definition) is 3. The van der Waals surface area contributed by atoms with E-state index in [4.69, 9.17) is 11.6 Å². The maximum absolute atomic E-state index is 12.8. The molecule has 1 aromatic carbocycles. The molecule has 1 fully saturated rings. The molecule has 3 rings (SSSR count). The molecule has 1 aliphatic heterocycles. The lowest BCUT2D eigenvalue weighted by atomic mass is 9.96. The van der Waals surface area contributed by atoms with E-state index in [2.05, 4.69) is 5.10 Å². The van der Waals surface area contributed by atoms with Crippen molar-refractivity contribution in [1.82, 2.24) is 14.7 Å². The number of amides is 1. The second-order valence-electron chi connectivity index (χ2n) is 6.46. The van der Waals surface area contributed by atoms with E-state index in [9.17, 15) is 9.90 Å². The zero-order chi connectivity index (χ0) is 16.6. The fourth-order valence-electron chi connectivity index (χ4n) is 3.10. The number of hydrogen-bond donors (Lipinski definition) is 1. The van der Waals surface area contributed by atoms with E-state index in [-0.39, 0.29) is 11.9 Å². The van der Waals surface area contributed by atoms with E-state index in [0.29, 0.717) is 17.1 Å². The van der Waals surface area contributed by atoms with Crippen LogP contribution in [0, 0.1) is 0 Å². The second-order valence-corrected chi connectivity index (χ2v) is 6.90. The van der Waals surface area contributed by atoms with Crippen molar-refractivity contribution < 1.29 is 9.90 Å². The SMILES string of the molecule is CC(C)(O)C1CCCN1C(=O)c1cnn(-c2cccc(Cl)c2)c1. The van der Waals surface area contributed by atoms with Crippen molar-refractivity contribution in [2.45, 2.75) is 38.3 Å². The Bertz CT molecular complexity index is 721. The fraction of sp³-hybridized carbons (Fsp3) is 0.412. The maximum atomic E-state index is 12.8. The highest BCUT2D eigenvalue weighted by atomic mass is 35.5. The van der Waals surface area contributed by atoms with Gasteiger partial charge in [-0.05, 0) is 44.9 Å². The summed E-state index contributed by atoms with van der Waals surface area (Å²) >= 11 is 5.99. The number of aromatic nitrogens is 2. The molecule has 0 bridgehead atoms. The van der Waals surface area contributed by atoms with Crippen LogP contribution in [0.5, 0.6) is 0 Å². The average molecular weight is 334 g/mol. The van der Waals surface area contributed by atoms with Gasteiger partial charge in [-0.1, -0.05) is 17.7 Å². The predicted octanol–water partition coefficient (Wildman–Crippen LogP) is 2.90. The van der Waals surface area contributed by atoms with Crippen molar-refractivity contribution in [3.63, 3.8) is 0 Å². The van der Waals surface area contributed by atoms with Crippen LogP contribution in [0.15, 0.2) is 36.7 Å². The van der Waals surface area contributed by atoms with Crippen LogP contribution in [0.25, 0.3) is 5.69 Å². The Morgan fingerprint density at radius 1 is 1.43 bits per heavy atom. The van der Waals surface area contributed by atoms with Crippen LogP contribution in [0.3, 0.4) is 0 Å². The van der Waals surface area contributed by atoms with Gasteiger partial charge in [0, 0.05) is 17.8 Å². The van der Waals surface area contributed by atoms with Crippen molar-refractivity contribution in [2.24, 2.45) is 0 Å². The van der Waals surface area contributed by atoms with Gasteiger partial charge in [-0.25, -0.2) is 4.68 Å². The summed E-state index contributed by atoms with van der Waals surface area (Å²) in [7, 11) is 0. The summed E-state index contributed by atoms with van der Waals surface area (Å²) in [6, 6.07) is 7.13. The van der Waals surface area contributed by atoms with E-state index < -0.39 is 5.60 Å². The molecule has 1 aliphatic rings. The van der Waals surface area contributed by atoms with E-state index in [1.807, 2.05) is 12.1 Å².